The zero-order valence-corrected chi connectivity index (χ0v) is 16.0. The van der Waals surface area contributed by atoms with Crippen molar-refractivity contribution < 1.29 is 9.59 Å². The normalized spacial score (nSPS) is 15.1. The summed E-state index contributed by atoms with van der Waals surface area (Å²) < 4.78 is 1.25. The Morgan fingerprint density at radius 1 is 1.04 bits per heavy atom. The van der Waals surface area contributed by atoms with E-state index in [-0.39, 0.29) is 23.9 Å². The van der Waals surface area contributed by atoms with Gasteiger partial charge in [-0.15, -0.1) is 0 Å². The Labute approximate surface area is 158 Å². The van der Waals surface area contributed by atoms with Crippen LogP contribution in [0.3, 0.4) is 0 Å². The first-order valence-corrected chi connectivity index (χ1v) is 9.03. The zero-order chi connectivity index (χ0) is 19.6. The lowest BCUT2D eigenvalue weighted by molar-refractivity contribution is -0.135. The van der Waals surface area contributed by atoms with Gasteiger partial charge >= 0.3 is 0 Å². The number of carbonyl (C=O) groups is 2. The van der Waals surface area contributed by atoms with Crippen molar-refractivity contribution in [2.24, 2.45) is 0 Å². The van der Waals surface area contributed by atoms with Crippen molar-refractivity contribution >= 4 is 22.6 Å². The molecular formula is C19H25N5O3. The number of hydrogen-bond donors (Lipinski definition) is 0. The standard InChI is InChI=1S/C19H25N5O3/c1-14-15-6-4-5-7-16(15)19(27)24(20-14)13-18(26)23-10-8-22(9-11-23)12-17(25)21(2)3/h4-7H,8-13H2,1-3H3. The molecule has 2 aromatic rings. The van der Waals surface area contributed by atoms with E-state index in [2.05, 4.69) is 5.10 Å². The van der Waals surface area contributed by atoms with E-state index in [1.807, 2.05) is 30.0 Å². The minimum Gasteiger partial charge on any atom is -0.348 e. The number of carbonyl (C=O) groups excluding carboxylic acids is 2. The summed E-state index contributed by atoms with van der Waals surface area (Å²) in [6, 6.07) is 7.30. The highest BCUT2D eigenvalue weighted by Gasteiger charge is 2.23. The van der Waals surface area contributed by atoms with Gasteiger partial charge in [-0.25, -0.2) is 4.68 Å². The largest absolute Gasteiger partial charge is 0.348 e. The number of aryl methyl sites for hydroxylation is 1. The van der Waals surface area contributed by atoms with Gasteiger partial charge in [-0.2, -0.15) is 5.10 Å². The van der Waals surface area contributed by atoms with E-state index in [0.717, 1.165) is 11.1 Å². The Morgan fingerprint density at radius 3 is 2.30 bits per heavy atom. The molecule has 0 spiro atoms. The van der Waals surface area contributed by atoms with Crippen LogP contribution < -0.4 is 5.56 Å². The van der Waals surface area contributed by atoms with Crippen LogP contribution >= 0.6 is 0 Å². The van der Waals surface area contributed by atoms with Crippen LogP contribution in [0.2, 0.25) is 0 Å². The Bertz CT molecular complexity index is 913. The highest BCUT2D eigenvalue weighted by atomic mass is 16.2. The van der Waals surface area contributed by atoms with Crippen LogP contribution in [0.4, 0.5) is 0 Å². The second kappa shape index (κ2) is 7.87. The lowest BCUT2D eigenvalue weighted by Gasteiger charge is -2.34. The first kappa shape index (κ1) is 19.0. The van der Waals surface area contributed by atoms with Crippen molar-refractivity contribution in [1.29, 1.82) is 0 Å². The molecule has 2 heterocycles. The molecule has 2 amide bonds. The molecule has 0 bridgehead atoms. The number of amides is 2. The predicted octanol–water partition coefficient (Wildman–Crippen LogP) is -0.0627. The van der Waals surface area contributed by atoms with E-state index in [0.29, 0.717) is 38.1 Å². The van der Waals surface area contributed by atoms with Crippen LogP contribution in [0.15, 0.2) is 29.1 Å². The maximum atomic E-state index is 12.6. The highest BCUT2D eigenvalue weighted by Crippen LogP contribution is 2.12. The fourth-order valence-corrected chi connectivity index (χ4v) is 3.23. The van der Waals surface area contributed by atoms with E-state index in [1.165, 1.54) is 4.68 Å². The fraction of sp³-hybridized carbons (Fsp3) is 0.474. The second-order valence-corrected chi connectivity index (χ2v) is 7.04. The average Bonchev–Trinajstić information content (AvgIpc) is 2.66. The number of nitrogens with zero attached hydrogens (tertiary/aromatic N) is 5. The van der Waals surface area contributed by atoms with Crippen molar-refractivity contribution in [3.8, 4) is 0 Å². The lowest BCUT2D eigenvalue weighted by Crippen LogP contribution is -2.52. The Hall–Kier alpha value is -2.74. The van der Waals surface area contributed by atoms with Crippen LogP contribution in [-0.2, 0) is 16.1 Å². The van der Waals surface area contributed by atoms with Crippen LogP contribution in [0, 0.1) is 6.92 Å². The molecule has 144 valence electrons. The molecule has 8 heteroatoms. The fourth-order valence-electron chi connectivity index (χ4n) is 3.23. The first-order valence-electron chi connectivity index (χ1n) is 9.03. The van der Waals surface area contributed by atoms with Gasteiger partial charge in [-0.05, 0) is 13.0 Å². The summed E-state index contributed by atoms with van der Waals surface area (Å²) in [7, 11) is 3.47. The summed E-state index contributed by atoms with van der Waals surface area (Å²) in [6.07, 6.45) is 0. The van der Waals surface area contributed by atoms with Crippen molar-refractivity contribution in [3.63, 3.8) is 0 Å². The minimum atomic E-state index is -0.250. The average molecular weight is 371 g/mol. The van der Waals surface area contributed by atoms with E-state index in [4.69, 9.17) is 0 Å². The van der Waals surface area contributed by atoms with Gasteiger partial charge in [-0.1, -0.05) is 18.2 Å². The van der Waals surface area contributed by atoms with E-state index >= 15 is 0 Å². The van der Waals surface area contributed by atoms with Gasteiger partial charge in [0.1, 0.15) is 6.54 Å². The van der Waals surface area contributed by atoms with Crippen LogP contribution in [-0.4, -0.2) is 83.1 Å². The van der Waals surface area contributed by atoms with Crippen molar-refractivity contribution in [2.45, 2.75) is 13.5 Å². The summed E-state index contributed by atoms with van der Waals surface area (Å²) in [6.45, 7) is 4.50. The van der Waals surface area contributed by atoms with Gasteiger partial charge in [0.15, 0.2) is 0 Å². The van der Waals surface area contributed by atoms with Crippen LogP contribution in [0.1, 0.15) is 5.69 Å². The van der Waals surface area contributed by atoms with Crippen LogP contribution in [0.5, 0.6) is 0 Å². The number of hydrogen-bond acceptors (Lipinski definition) is 5. The SMILES string of the molecule is Cc1nn(CC(=O)N2CCN(CC(=O)N(C)C)CC2)c(=O)c2ccccc12. The molecule has 0 N–H and O–H groups in total. The molecule has 1 aromatic carbocycles. The molecule has 1 saturated heterocycles. The first-order chi connectivity index (χ1) is 12.9. The van der Waals surface area contributed by atoms with Crippen molar-refractivity contribution in [2.75, 3.05) is 46.8 Å². The van der Waals surface area contributed by atoms with Gasteiger partial charge in [0, 0.05) is 45.7 Å². The molecular weight excluding hydrogens is 346 g/mol. The molecule has 0 radical (unpaired) electrons. The maximum absolute atomic E-state index is 12.6. The zero-order valence-electron chi connectivity index (χ0n) is 16.0. The molecule has 0 atom stereocenters. The minimum absolute atomic E-state index is 0.0529. The predicted molar refractivity (Wildman–Crippen MR) is 102 cm³/mol. The number of fused-ring (bicyclic) bond motifs is 1. The summed E-state index contributed by atoms with van der Waals surface area (Å²) in [5.74, 6) is -0.0740. The van der Waals surface area contributed by atoms with Crippen molar-refractivity contribution in [3.05, 3.63) is 40.3 Å². The van der Waals surface area contributed by atoms with Gasteiger partial charge in [0.05, 0.1) is 17.6 Å². The molecule has 1 aromatic heterocycles. The number of likely N-dealkylation sites (N-methyl/N-ethyl adjacent to an activating group) is 1. The highest BCUT2D eigenvalue weighted by molar-refractivity contribution is 5.83. The van der Waals surface area contributed by atoms with E-state index < -0.39 is 0 Å². The summed E-state index contributed by atoms with van der Waals surface area (Å²) in [4.78, 5) is 42.4. The Balaban J connectivity index is 1.65. The number of rotatable bonds is 4. The monoisotopic (exact) mass is 371 g/mol. The van der Waals surface area contributed by atoms with Crippen LogP contribution in [0.25, 0.3) is 10.8 Å². The lowest BCUT2D eigenvalue weighted by atomic mass is 10.1. The third-order valence-corrected chi connectivity index (χ3v) is 4.92. The molecule has 1 fully saturated rings. The molecule has 1 aliphatic rings. The molecule has 0 aliphatic carbocycles. The quantitative estimate of drug-likeness (QED) is 0.752. The molecule has 1 aliphatic heterocycles. The van der Waals surface area contributed by atoms with Gasteiger partial charge in [0.25, 0.3) is 5.56 Å². The third-order valence-electron chi connectivity index (χ3n) is 4.92. The molecule has 8 nitrogen and oxygen atoms in total. The van der Waals surface area contributed by atoms with E-state index in [9.17, 15) is 14.4 Å². The van der Waals surface area contributed by atoms with E-state index in [1.54, 1.807) is 30.0 Å². The molecule has 3 rings (SSSR count). The summed E-state index contributed by atoms with van der Waals surface area (Å²) in [5.41, 5.74) is 0.477. The topological polar surface area (TPSA) is 78.8 Å². The Kier molecular flexibility index (Phi) is 5.55. The van der Waals surface area contributed by atoms with Crippen molar-refractivity contribution in [1.82, 2.24) is 24.5 Å². The number of aromatic nitrogens is 2. The van der Waals surface area contributed by atoms with Gasteiger partial charge in [0.2, 0.25) is 11.8 Å². The second-order valence-electron chi connectivity index (χ2n) is 7.04. The van der Waals surface area contributed by atoms with Gasteiger partial charge < -0.3 is 9.80 Å². The molecule has 27 heavy (non-hydrogen) atoms. The smallest absolute Gasteiger partial charge is 0.275 e. The third kappa shape index (κ3) is 4.16. The molecule has 0 unspecified atom stereocenters. The number of piperazine rings is 1. The maximum Gasteiger partial charge on any atom is 0.275 e. The Morgan fingerprint density at radius 2 is 1.67 bits per heavy atom. The summed E-state index contributed by atoms with van der Waals surface area (Å²) in [5, 5.41) is 5.69. The van der Waals surface area contributed by atoms with Gasteiger partial charge in [-0.3, -0.25) is 19.3 Å². The summed E-state index contributed by atoms with van der Waals surface area (Å²) >= 11 is 0. The number of benzene rings is 1. The molecule has 0 saturated carbocycles.